The number of hydrogen-bond acceptors (Lipinski definition) is 2. The maximum Gasteiger partial charge on any atom is 0.318 e. The molecule has 60 valence electrons. The van der Waals surface area contributed by atoms with Crippen LogP contribution in [0, 0.1) is 10.1 Å². The second-order valence-electron chi connectivity index (χ2n) is 2.21. The lowest BCUT2D eigenvalue weighted by molar-refractivity contribution is -0.527. The molecule has 0 bridgehead atoms. The van der Waals surface area contributed by atoms with Crippen molar-refractivity contribution in [2.24, 2.45) is 0 Å². The van der Waals surface area contributed by atoms with Gasteiger partial charge in [-0.3, -0.25) is 10.1 Å². The van der Waals surface area contributed by atoms with Gasteiger partial charge in [-0.2, -0.15) is 0 Å². The molecule has 0 aromatic rings. The van der Waals surface area contributed by atoms with Crippen molar-refractivity contribution in [3.8, 4) is 0 Å². The van der Waals surface area contributed by atoms with Crippen molar-refractivity contribution in [2.45, 2.75) is 11.4 Å². The summed E-state index contributed by atoms with van der Waals surface area (Å²) in [6.07, 6.45) is 5.23. The molecule has 0 saturated heterocycles. The first-order chi connectivity index (χ1) is 5.04. The number of hydrogen-bond donors (Lipinski definition) is 0. The summed E-state index contributed by atoms with van der Waals surface area (Å²) in [6.45, 7) is 0. The van der Waals surface area contributed by atoms with Crippen LogP contribution in [-0.4, -0.2) is 9.92 Å². The predicted molar refractivity (Wildman–Crippen MR) is 51.4 cm³/mol. The fraction of sp³-hybridized carbons (Fsp3) is 0.333. The molecule has 1 rings (SSSR count). The van der Waals surface area contributed by atoms with E-state index < -0.39 is 9.92 Å². The molecule has 0 aromatic heterocycles. The van der Waals surface area contributed by atoms with Gasteiger partial charge in [0.1, 0.15) is 0 Å². The highest BCUT2D eigenvalue weighted by atomic mass is 127. The summed E-state index contributed by atoms with van der Waals surface area (Å²) in [6, 6.07) is 0. The third kappa shape index (κ3) is 1.93. The van der Waals surface area contributed by atoms with Crippen LogP contribution < -0.4 is 0 Å². The van der Waals surface area contributed by atoms with Crippen molar-refractivity contribution in [2.75, 3.05) is 0 Å². The van der Waals surface area contributed by atoms with Gasteiger partial charge < -0.3 is 0 Å². The normalized spacial score (nSPS) is 29.8. The summed E-state index contributed by atoms with van der Waals surface area (Å²) >= 11 is 7.67. The van der Waals surface area contributed by atoms with E-state index in [1.54, 1.807) is 6.08 Å². The summed E-state index contributed by atoms with van der Waals surface area (Å²) in [4.78, 5) is 8.53. The molecule has 0 fully saturated rings. The Hall–Kier alpha value is -0.100. The summed E-state index contributed by atoms with van der Waals surface area (Å²) < 4.78 is 0.806. The van der Waals surface area contributed by atoms with Gasteiger partial charge in [-0.15, -0.1) is 0 Å². The van der Waals surface area contributed by atoms with E-state index in [2.05, 4.69) is 0 Å². The lowest BCUT2D eigenvalue weighted by Gasteiger charge is -2.15. The van der Waals surface area contributed by atoms with Crippen molar-refractivity contribution in [1.29, 1.82) is 0 Å². The first-order valence-corrected chi connectivity index (χ1v) is 4.38. The van der Waals surface area contributed by atoms with Crippen LogP contribution >= 0.6 is 34.2 Å². The van der Waals surface area contributed by atoms with Crippen molar-refractivity contribution < 1.29 is 4.92 Å². The Bertz CT molecular complexity index is 251. The van der Waals surface area contributed by atoms with E-state index in [4.69, 9.17) is 11.6 Å². The van der Waals surface area contributed by atoms with E-state index in [0.29, 0.717) is 0 Å². The third-order valence-corrected chi connectivity index (χ3v) is 2.42. The smallest absolute Gasteiger partial charge is 0.262 e. The van der Waals surface area contributed by atoms with Crippen molar-refractivity contribution in [3.63, 3.8) is 0 Å². The van der Waals surface area contributed by atoms with Gasteiger partial charge in [0.25, 0.3) is 0 Å². The van der Waals surface area contributed by atoms with Crippen LogP contribution in [0.15, 0.2) is 21.8 Å². The van der Waals surface area contributed by atoms with Crippen molar-refractivity contribution in [1.82, 2.24) is 0 Å². The minimum Gasteiger partial charge on any atom is -0.262 e. The molecule has 1 aliphatic carbocycles. The maximum atomic E-state index is 10.4. The zero-order valence-corrected chi connectivity index (χ0v) is 8.37. The second kappa shape index (κ2) is 3.10. The molecule has 5 heteroatoms. The van der Waals surface area contributed by atoms with Gasteiger partial charge >= 0.3 is 5.00 Å². The van der Waals surface area contributed by atoms with Crippen LogP contribution in [-0.2, 0) is 0 Å². The highest BCUT2D eigenvalue weighted by molar-refractivity contribution is 14.1. The van der Waals surface area contributed by atoms with E-state index in [1.165, 1.54) is 6.08 Å². The van der Waals surface area contributed by atoms with Gasteiger partial charge in [-0.25, -0.2) is 0 Å². The molecule has 0 aliphatic heterocycles. The Labute approximate surface area is 82.4 Å². The first kappa shape index (κ1) is 8.99. The zero-order valence-electron chi connectivity index (χ0n) is 5.46. The molecule has 1 atom stereocenters. The number of rotatable bonds is 1. The first-order valence-electron chi connectivity index (χ1n) is 2.93. The lowest BCUT2D eigenvalue weighted by atomic mass is 10.1. The lowest BCUT2D eigenvalue weighted by Crippen LogP contribution is -2.29. The molecule has 3 nitrogen and oxygen atoms in total. The molecule has 0 saturated carbocycles. The van der Waals surface area contributed by atoms with Crippen LogP contribution in [0.5, 0.6) is 0 Å². The Morgan fingerprint density at radius 1 is 1.82 bits per heavy atom. The molecule has 0 aromatic carbocycles. The molecule has 0 radical (unpaired) electrons. The molecule has 0 N–H and O–H groups in total. The van der Waals surface area contributed by atoms with Crippen LogP contribution in [0.1, 0.15) is 6.42 Å². The fourth-order valence-corrected chi connectivity index (χ4v) is 1.94. The summed E-state index contributed by atoms with van der Waals surface area (Å²) in [5, 5.41) is 10.4. The molecular formula is C6H5ClINO2. The monoisotopic (exact) mass is 285 g/mol. The van der Waals surface area contributed by atoms with Gasteiger partial charge in [0.15, 0.2) is 0 Å². The largest absolute Gasteiger partial charge is 0.318 e. The predicted octanol–water partition coefficient (Wildman–Crippen LogP) is 2.48. The van der Waals surface area contributed by atoms with Crippen LogP contribution in [0.2, 0.25) is 0 Å². The Morgan fingerprint density at radius 2 is 2.45 bits per heavy atom. The van der Waals surface area contributed by atoms with Gasteiger partial charge in [-0.05, 0) is 34.2 Å². The molecule has 0 amide bonds. The maximum absolute atomic E-state index is 10.4. The average molecular weight is 285 g/mol. The third-order valence-electron chi connectivity index (χ3n) is 1.34. The topological polar surface area (TPSA) is 43.1 Å². The Morgan fingerprint density at radius 3 is 2.82 bits per heavy atom. The van der Waals surface area contributed by atoms with Gasteiger partial charge in [-0.1, -0.05) is 12.2 Å². The number of alkyl halides is 1. The average Bonchev–Trinajstić information content (AvgIpc) is 1.86. The van der Waals surface area contributed by atoms with Crippen LogP contribution in [0.25, 0.3) is 0 Å². The van der Waals surface area contributed by atoms with Gasteiger partial charge in [0.05, 0.1) is 6.42 Å². The molecule has 0 spiro atoms. The number of nitrogens with zero attached hydrogens (tertiary/aromatic N) is 1. The number of halogens is 2. The van der Waals surface area contributed by atoms with E-state index in [9.17, 15) is 10.1 Å². The minimum absolute atomic E-state index is 0.258. The molecule has 0 heterocycles. The number of allylic oxidation sites excluding steroid dienone is 2. The van der Waals surface area contributed by atoms with E-state index in [0.717, 1.165) is 3.58 Å². The van der Waals surface area contributed by atoms with Crippen molar-refractivity contribution >= 4 is 34.2 Å². The fourth-order valence-electron chi connectivity index (χ4n) is 0.782. The summed E-state index contributed by atoms with van der Waals surface area (Å²) in [5.41, 5.74) is 0. The van der Waals surface area contributed by atoms with E-state index >= 15 is 0 Å². The number of nitro groups is 1. The van der Waals surface area contributed by atoms with Crippen LogP contribution in [0.4, 0.5) is 0 Å². The van der Waals surface area contributed by atoms with Gasteiger partial charge in [0.2, 0.25) is 0 Å². The SMILES string of the molecule is O=[N+]([O-])C1(Cl)C=C(I)C=CC1. The van der Waals surface area contributed by atoms with Crippen LogP contribution in [0.3, 0.4) is 0 Å². The molecular weight excluding hydrogens is 280 g/mol. The van der Waals surface area contributed by atoms with Gasteiger partial charge in [0, 0.05) is 14.6 Å². The zero-order chi connectivity index (χ0) is 8.48. The minimum atomic E-state index is -1.41. The quantitative estimate of drug-likeness (QED) is 0.244. The van der Waals surface area contributed by atoms with E-state index in [-0.39, 0.29) is 6.42 Å². The highest BCUT2D eigenvalue weighted by Crippen LogP contribution is 2.30. The second-order valence-corrected chi connectivity index (χ2v) is 4.11. The summed E-state index contributed by atoms with van der Waals surface area (Å²) in [5.74, 6) is 0. The molecule has 1 unspecified atom stereocenters. The van der Waals surface area contributed by atoms with E-state index in [1.807, 2.05) is 28.7 Å². The Kier molecular flexibility index (Phi) is 2.54. The summed E-state index contributed by atoms with van der Waals surface area (Å²) in [7, 11) is 0. The Balaban J connectivity index is 2.92. The standard InChI is InChI=1S/C6H5ClINO2/c7-6(9(10)11)3-1-2-5(8)4-6/h1-2,4H,3H2. The highest BCUT2D eigenvalue weighted by Gasteiger charge is 2.38. The molecule has 11 heavy (non-hydrogen) atoms. The molecule has 1 aliphatic rings. The van der Waals surface area contributed by atoms with Crippen molar-refractivity contribution in [3.05, 3.63) is 31.9 Å².